The molecule has 74 valence electrons. The van der Waals surface area contributed by atoms with Crippen LogP contribution in [0.1, 0.15) is 38.5 Å². The minimum absolute atomic E-state index is 0.350. The minimum atomic E-state index is 0.350. The predicted molar refractivity (Wildman–Crippen MR) is 63.3 cm³/mol. The van der Waals surface area contributed by atoms with Crippen LogP contribution >= 0.6 is 22.6 Å². The van der Waals surface area contributed by atoms with Crippen molar-refractivity contribution < 1.29 is 4.74 Å². The quantitative estimate of drug-likeness (QED) is 0.430. The smallest absolute Gasteiger partial charge is 0.0754 e. The first kappa shape index (κ1) is 9.97. The highest BCUT2D eigenvalue weighted by atomic mass is 127. The van der Waals surface area contributed by atoms with Gasteiger partial charge in [-0.2, -0.15) is 0 Å². The van der Waals surface area contributed by atoms with Gasteiger partial charge >= 0.3 is 0 Å². The molecule has 2 rings (SSSR count). The van der Waals surface area contributed by atoms with Gasteiger partial charge in [0.1, 0.15) is 0 Å². The minimum Gasteiger partial charge on any atom is -0.380 e. The molecule has 0 bridgehead atoms. The first-order chi connectivity index (χ1) is 6.27. The Morgan fingerprint density at radius 2 is 2.38 bits per heavy atom. The molecule has 0 aromatic heterocycles. The molecule has 13 heavy (non-hydrogen) atoms. The lowest BCUT2D eigenvalue weighted by Crippen LogP contribution is -2.33. The summed E-state index contributed by atoms with van der Waals surface area (Å²) in [5, 5.41) is 0. The zero-order chi connectivity index (χ0) is 9.31. The molecule has 0 N–H and O–H groups in total. The average Bonchev–Trinajstić information content (AvgIpc) is 2.72. The molecule has 1 nitrogen and oxygen atoms in total. The Balaban J connectivity index is 2.17. The summed E-state index contributed by atoms with van der Waals surface area (Å²) in [5.74, 6) is 0. The summed E-state index contributed by atoms with van der Waals surface area (Å²) < 4.78 is 5.94. The van der Waals surface area contributed by atoms with Crippen molar-refractivity contribution in [3.8, 4) is 0 Å². The molecule has 2 heteroatoms. The van der Waals surface area contributed by atoms with E-state index in [2.05, 4.69) is 28.7 Å². The fourth-order valence-corrected chi connectivity index (χ4v) is 4.09. The van der Waals surface area contributed by atoms with E-state index < -0.39 is 0 Å². The Morgan fingerprint density at radius 1 is 1.54 bits per heavy atom. The number of methoxy groups -OCH3 is 1. The van der Waals surface area contributed by atoms with E-state index in [0.717, 1.165) is 0 Å². The summed E-state index contributed by atoms with van der Waals surface area (Å²) >= 11 is 2.64. The number of allylic oxidation sites excluding steroid dienone is 1. The maximum atomic E-state index is 5.59. The van der Waals surface area contributed by atoms with Gasteiger partial charge in [-0.1, -0.05) is 34.2 Å². The van der Waals surface area contributed by atoms with Gasteiger partial charge in [0, 0.05) is 7.11 Å². The monoisotopic (exact) mass is 292 g/mol. The normalized spacial score (nSPS) is 39.5. The van der Waals surface area contributed by atoms with Gasteiger partial charge in [-0.15, -0.1) is 0 Å². The highest BCUT2D eigenvalue weighted by Crippen LogP contribution is 2.48. The van der Waals surface area contributed by atoms with Gasteiger partial charge in [0.25, 0.3) is 0 Å². The van der Waals surface area contributed by atoms with Gasteiger partial charge in [-0.05, 0) is 38.5 Å². The first-order valence-corrected chi connectivity index (χ1v) is 6.26. The fourth-order valence-electron chi connectivity index (χ4n) is 2.65. The number of rotatable bonds is 2. The molecule has 2 aliphatic carbocycles. The van der Waals surface area contributed by atoms with Crippen molar-refractivity contribution in [3.05, 3.63) is 11.6 Å². The van der Waals surface area contributed by atoms with Gasteiger partial charge < -0.3 is 4.74 Å². The van der Waals surface area contributed by atoms with Gasteiger partial charge in [0.15, 0.2) is 0 Å². The molecule has 0 spiro atoms. The van der Waals surface area contributed by atoms with Crippen LogP contribution in [0.3, 0.4) is 0 Å². The fraction of sp³-hybridized carbons (Fsp3) is 0.818. The molecule has 1 fully saturated rings. The molecule has 0 aromatic rings. The van der Waals surface area contributed by atoms with E-state index in [1.54, 1.807) is 5.57 Å². The molecule has 0 aromatic carbocycles. The van der Waals surface area contributed by atoms with E-state index in [1.165, 1.54) is 38.5 Å². The Hall–Kier alpha value is 0.430. The second-order valence-corrected chi connectivity index (χ2v) is 6.03. The molecule has 2 aliphatic rings. The van der Waals surface area contributed by atoms with Gasteiger partial charge in [0.05, 0.1) is 9.53 Å². The summed E-state index contributed by atoms with van der Waals surface area (Å²) in [6.07, 6.45) is 10.8. The number of ether oxygens (including phenoxy) is 1. The van der Waals surface area contributed by atoms with Crippen molar-refractivity contribution in [1.29, 1.82) is 0 Å². The highest BCUT2D eigenvalue weighted by Gasteiger charge is 2.43. The van der Waals surface area contributed by atoms with E-state index in [0.29, 0.717) is 9.53 Å². The lowest BCUT2D eigenvalue weighted by atomic mass is 9.95. The Morgan fingerprint density at radius 3 is 3.00 bits per heavy atom. The third-order valence-electron chi connectivity index (χ3n) is 3.38. The van der Waals surface area contributed by atoms with E-state index in [1.807, 2.05) is 7.11 Å². The SMILES string of the molecule is COC1CCCC1(I)C1=CCCC1. The molecule has 0 radical (unpaired) electrons. The molecule has 2 unspecified atom stereocenters. The largest absolute Gasteiger partial charge is 0.380 e. The molecule has 2 atom stereocenters. The average molecular weight is 292 g/mol. The molecule has 0 amide bonds. The van der Waals surface area contributed by atoms with Crippen molar-refractivity contribution in [1.82, 2.24) is 0 Å². The summed E-state index contributed by atoms with van der Waals surface area (Å²) in [5.41, 5.74) is 1.66. The van der Waals surface area contributed by atoms with Crippen molar-refractivity contribution in [2.24, 2.45) is 0 Å². The first-order valence-electron chi connectivity index (χ1n) is 5.18. The zero-order valence-electron chi connectivity index (χ0n) is 8.18. The number of hydrogen-bond acceptors (Lipinski definition) is 1. The lowest BCUT2D eigenvalue weighted by Gasteiger charge is -2.30. The van der Waals surface area contributed by atoms with Crippen molar-refractivity contribution in [2.45, 2.75) is 48.1 Å². The van der Waals surface area contributed by atoms with E-state index >= 15 is 0 Å². The van der Waals surface area contributed by atoms with Crippen LogP contribution in [0.2, 0.25) is 0 Å². The second kappa shape index (κ2) is 3.89. The van der Waals surface area contributed by atoms with Crippen LogP contribution in [0.4, 0.5) is 0 Å². The Labute approximate surface area is 94.1 Å². The Kier molecular flexibility index (Phi) is 2.98. The van der Waals surface area contributed by atoms with Gasteiger partial charge in [-0.25, -0.2) is 0 Å². The standard InChI is InChI=1S/C11H17IO/c1-13-10-7-4-8-11(10,12)9-5-2-3-6-9/h5,10H,2-4,6-8H2,1H3. The number of hydrogen-bond donors (Lipinski definition) is 0. The maximum Gasteiger partial charge on any atom is 0.0754 e. The Bertz CT molecular complexity index is 224. The second-order valence-electron chi connectivity index (χ2n) is 4.10. The summed E-state index contributed by atoms with van der Waals surface area (Å²) in [7, 11) is 1.86. The van der Waals surface area contributed by atoms with E-state index in [9.17, 15) is 0 Å². The van der Waals surface area contributed by atoms with Crippen molar-refractivity contribution >= 4 is 22.6 Å². The molecule has 0 heterocycles. The van der Waals surface area contributed by atoms with Crippen LogP contribution in [0, 0.1) is 0 Å². The van der Waals surface area contributed by atoms with Gasteiger partial charge in [0.2, 0.25) is 0 Å². The highest BCUT2D eigenvalue weighted by molar-refractivity contribution is 14.1. The zero-order valence-corrected chi connectivity index (χ0v) is 10.3. The molecule has 1 saturated carbocycles. The van der Waals surface area contributed by atoms with Crippen LogP contribution in [-0.2, 0) is 4.74 Å². The topological polar surface area (TPSA) is 9.23 Å². The van der Waals surface area contributed by atoms with Gasteiger partial charge in [-0.3, -0.25) is 0 Å². The molecular formula is C11H17IO. The van der Waals surface area contributed by atoms with Crippen molar-refractivity contribution in [3.63, 3.8) is 0 Å². The van der Waals surface area contributed by atoms with Crippen LogP contribution in [0.5, 0.6) is 0 Å². The molecule has 0 aliphatic heterocycles. The van der Waals surface area contributed by atoms with Crippen LogP contribution in [0.15, 0.2) is 11.6 Å². The summed E-state index contributed by atoms with van der Waals surface area (Å²) in [6, 6.07) is 0. The van der Waals surface area contributed by atoms with Crippen LogP contribution in [0.25, 0.3) is 0 Å². The summed E-state index contributed by atoms with van der Waals surface area (Å²) in [6.45, 7) is 0. The lowest BCUT2D eigenvalue weighted by molar-refractivity contribution is 0.0978. The third-order valence-corrected chi connectivity index (χ3v) is 5.30. The predicted octanol–water partition coefficient (Wildman–Crippen LogP) is 3.47. The molecular weight excluding hydrogens is 275 g/mol. The number of alkyl halides is 1. The summed E-state index contributed by atoms with van der Waals surface area (Å²) in [4.78, 5) is 0. The van der Waals surface area contributed by atoms with E-state index in [-0.39, 0.29) is 0 Å². The number of halogens is 1. The van der Waals surface area contributed by atoms with E-state index in [4.69, 9.17) is 4.74 Å². The maximum absolute atomic E-state index is 5.59. The third kappa shape index (κ3) is 1.67. The van der Waals surface area contributed by atoms with Crippen molar-refractivity contribution in [2.75, 3.05) is 7.11 Å². The molecule has 0 saturated heterocycles. The van der Waals surface area contributed by atoms with Crippen LogP contribution < -0.4 is 0 Å². The van der Waals surface area contributed by atoms with Crippen LogP contribution in [-0.4, -0.2) is 16.6 Å².